The highest BCUT2D eigenvalue weighted by Crippen LogP contribution is 2.65. The highest BCUT2D eigenvalue weighted by atomic mass is 16.5. The number of nitrogens with zero attached hydrogens (tertiary/aromatic N) is 1. The summed E-state index contributed by atoms with van der Waals surface area (Å²) in [6.45, 7) is -0.126. The van der Waals surface area contributed by atoms with Crippen LogP contribution in [0.4, 0.5) is 5.69 Å². The van der Waals surface area contributed by atoms with Crippen molar-refractivity contribution in [3.05, 3.63) is 96.6 Å². The van der Waals surface area contributed by atoms with Gasteiger partial charge in [-0.2, -0.15) is 0 Å². The van der Waals surface area contributed by atoms with Gasteiger partial charge >= 0.3 is 0 Å². The van der Waals surface area contributed by atoms with E-state index in [2.05, 4.69) is 12.2 Å². The van der Waals surface area contributed by atoms with Gasteiger partial charge in [-0.3, -0.25) is 14.4 Å². The van der Waals surface area contributed by atoms with Crippen molar-refractivity contribution in [2.75, 3.05) is 11.5 Å². The smallest absolute Gasteiger partial charge is 0.238 e. The molecule has 178 valence electrons. The molecular formula is C31H25NO4. The highest BCUT2D eigenvalue weighted by molar-refractivity contribution is 6.22. The molecule has 3 aromatic rings. The molecule has 8 rings (SSSR count). The Morgan fingerprint density at radius 1 is 0.778 bits per heavy atom. The molecule has 1 aliphatic heterocycles. The summed E-state index contributed by atoms with van der Waals surface area (Å²) >= 11 is 0. The first-order chi connectivity index (χ1) is 17.6. The van der Waals surface area contributed by atoms with Crippen LogP contribution in [0.3, 0.4) is 0 Å². The van der Waals surface area contributed by atoms with Crippen molar-refractivity contribution < 1.29 is 19.1 Å². The van der Waals surface area contributed by atoms with Crippen molar-refractivity contribution in [2.24, 2.45) is 35.5 Å². The Labute approximate surface area is 209 Å². The van der Waals surface area contributed by atoms with Gasteiger partial charge in [0.15, 0.2) is 12.4 Å². The predicted molar refractivity (Wildman–Crippen MR) is 135 cm³/mol. The third-order valence-corrected chi connectivity index (χ3v) is 8.42. The van der Waals surface area contributed by atoms with Crippen molar-refractivity contribution in [3.8, 4) is 16.9 Å². The zero-order valence-electron chi connectivity index (χ0n) is 19.6. The fraction of sp³-hybridized carbons (Fsp3) is 0.258. The summed E-state index contributed by atoms with van der Waals surface area (Å²) in [5.41, 5.74) is 3.23. The summed E-state index contributed by atoms with van der Waals surface area (Å²) < 4.78 is 5.79. The van der Waals surface area contributed by atoms with Crippen LogP contribution in [0, 0.1) is 35.5 Å². The number of carbonyl (C=O) groups excluding carboxylic acids is 3. The van der Waals surface area contributed by atoms with Crippen LogP contribution in [0.1, 0.15) is 16.8 Å². The lowest BCUT2D eigenvalue weighted by molar-refractivity contribution is -0.124. The number of benzene rings is 3. The molecule has 2 saturated carbocycles. The average Bonchev–Trinajstić information content (AvgIpc) is 3.71. The second kappa shape index (κ2) is 8.02. The van der Waals surface area contributed by atoms with Gasteiger partial charge in [0.25, 0.3) is 0 Å². The van der Waals surface area contributed by atoms with Crippen LogP contribution in [-0.4, -0.2) is 24.2 Å². The van der Waals surface area contributed by atoms with Gasteiger partial charge in [0, 0.05) is 11.6 Å². The molecule has 0 spiro atoms. The molecule has 3 fully saturated rings. The van der Waals surface area contributed by atoms with Gasteiger partial charge in [-0.15, -0.1) is 0 Å². The van der Waals surface area contributed by atoms with Gasteiger partial charge < -0.3 is 4.74 Å². The number of allylic oxidation sites excluding steroid dienone is 2. The Kier molecular flexibility index (Phi) is 4.75. The second-order valence-electron chi connectivity index (χ2n) is 10.3. The second-order valence-corrected chi connectivity index (χ2v) is 10.3. The van der Waals surface area contributed by atoms with E-state index in [4.69, 9.17) is 4.74 Å². The minimum atomic E-state index is -0.235. The predicted octanol–water partition coefficient (Wildman–Crippen LogP) is 5.17. The molecule has 3 aromatic carbocycles. The number of hydrogen-bond acceptors (Lipinski definition) is 4. The van der Waals surface area contributed by atoms with E-state index in [9.17, 15) is 14.4 Å². The SMILES string of the molecule is O=C(COc1cccc(N2C(=O)[C@H]3[C@@H]4C=C[C@H]([C@@H]5C[C@H]45)[C@@H]3C2=O)c1)c1ccc(-c2ccccc2)cc1. The molecule has 4 aliphatic carbocycles. The van der Waals surface area contributed by atoms with Gasteiger partial charge in [0.1, 0.15) is 5.75 Å². The van der Waals surface area contributed by atoms with E-state index in [1.165, 1.54) is 4.90 Å². The van der Waals surface area contributed by atoms with Crippen molar-refractivity contribution in [1.82, 2.24) is 0 Å². The van der Waals surface area contributed by atoms with Crippen LogP contribution in [-0.2, 0) is 9.59 Å². The van der Waals surface area contributed by atoms with Gasteiger partial charge in [-0.1, -0.05) is 72.8 Å². The summed E-state index contributed by atoms with van der Waals surface area (Å²) in [6.07, 6.45) is 5.49. The fourth-order valence-electron chi connectivity index (χ4n) is 6.64. The number of Topliss-reactive ketones (excluding diaryl/α,β-unsaturated/α-hetero) is 1. The zero-order chi connectivity index (χ0) is 24.4. The van der Waals surface area contributed by atoms with E-state index in [1.54, 1.807) is 36.4 Å². The summed E-state index contributed by atoms with van der Waals surface area (Å²) in [6, 6.07) is 24.4. The normalized spacial score (nSPS) is 29.2. The first-order valence-corrected chi connectivity index (χ1v) is 12.6. The monoisotopic (exact) mass is 475 g/mol. The molecule has 5 heteroatoms. The highest BCUT2D eigenvalue weighted by Gasteiger charge is 2.67. The molecule has 0 N–H and O–H groups in total. The summed E-state index contributed by atoms with van der Waals surface area (Å²) in [5.74, 6) is 1.18. The maximum atomic E-state index is 13.4. The number of rotatable bonds is 6. The largest absolute Gasteiger partial charge is 0.485 e. The number of imide groups is 1. The third kappa shape index (κ3) is 3.26. The number of ketones is 1. The van der Waals surface area contributed by atoms with Gasteiger partial charge in [0.05, 0.1) is 17.5 Å². The van der Waals surface area contributed by atoms with E-state index in [-0.39, 0.29) is 47.9 Å². The van der Waals surface area contributed by atoms with Crippen LogP contribution in [0.25, 0.3) is 11.1 Å². The molecule has 0 unspecified atom stereocenters. The van der Waals surface area contributed by atoms with Crippen LogP contribution in [0.5, 0.6) is 5.75 Å². The van der Waals surface area contributed by atoms with E-state index in [0.29, 0.717) is 28.8 Å². The molecule has 2 amide bonds. The summed E-state index contributed by atoms with van der Waals surface area (Å²) in [5, 5.41) is 0. The molecule has 36 heavy (non-hydrogen) atoms. The van der Waals surface area contributed by atoms with Gasteiger partial charge in [0.2, 0.25) is 11.8 Å². The van der Waals surface area contributed by atoms with Crippen molar-refractivity contribution >= 4 is 23.3 Å². The standard InChI is InChI=1S/C31H25NO4/c33-27(20-11-9-19(10-12-20)18-5-2-1-3-6-18)17-36-22-8-4-7-21(15-22)32-30(34)28-23-13-14-24(26-16-25(23)26)29(28)31(32)35/h1-15,23-26,28-29H,16-17H2/t23-,24-,25-,26+,28+,29+/m1/s1. The number of anilines is 1. The van der Waals surface area contributed by atoms with Crippen molar-refractivity contribution in [2.45, 2.75) is 6.42 Å². The Morgan fingerprint density at radius 3 is 2.08 bits per heavy atom. The number of amides is 2. The Hall–Kier alpha value is -3.99. The lowest BCUT2D eigenvalue weighted by atomic mass is 9.63. The number of ether oxygens (including phenoxy) is 1. The molecule has 5 aliphatic rings. The van der Waals surface area contributed by atoms with E-state index in [0.717, 1.165) is 17.5 Å². The fourth-order valence-corrected chi connectivity index (χ4v) is 6.64. The van der Waals surface area contributed by atoms with Gasteiger partial charge in [-0.05, 0) is 53.4 Å². The topological polar surface area (TPSA) is 63.7 Å². The molecule has 0 radical (unpaired) electrons. The van der Waals surface area contributed by atoms with E-state index in [1.807, 2.05) is 42.5 Å². The minimum Gasteiger partial charge on any atom is -0.485 e. The summed E-state index contributed by atoms with van der Waals surface area (Å²) in [4.78, 5) is 40.8. The molecule has 1 saturated heterocycles. The van der Waals surface area contributed by atoms with Crippen LogP contribution >= 0.6 is 0 Å². The molecular weight excluding hydrogens is 450 g/mol. The minimum absolute atomic E-state index is 0.0959. The quantitative estimate of drug-likeness (QED) is 0.280. The maximum Gasteiger partial charge on any atom is 0.238 e. The van der Waals surface area contributed by atoms with Gasteiger partial charge in [-0.25, -0.2) is 4.90 Å². The van der Waals surface area contributed by atoms with E-state index < -0.39 is 0 Å². The van der Waals surface area contributed by atoms with Crippen LogP contribution in [0.2, 0.25) is 0 Å². The van der Waals surface area contributed by atoms with E-state index >= 15 is 0 Å². The third-order valence-electron chi connectivity index (χ3n) is 8.42. The number of hydrogen-bond donors (Lipinski definition) is 0. The summed E-state index contributed by atoms with van der Waals surface area (Å²) in [7, 11) is 0. The lowest BCUT2D eigenvalue weighted by Gasteiger charge is -2.37. The first-order valence-electron chi connectivity index (χ1n) is 12.6. The van der Waals surface area contributed by atoms with Crippen LogP contribution in [0.15, 0.2) is 91.0 Å². The van der Waals surface area contributed by atoms with Crippen molar-refractivity contribution in [1.29, 1.82) is 0 Å². The maximum absolute atomic E-state index is 13.4. The lowest BCUT2D eigenvalue weighted by Crippen LogP contribution is -2.40. The Balaban J connectivity index is 1.05. The van der Waals surface area contributed by atoms with Crippen molar-refractivity contribution in [3.63, 3.8) is 0 Å². The molecule has 6 atom stereocenters. The molecule has 1 heterocycles. The molecule has 5 nitrogen and oxygen atoms in total. The number of carbonyl (C=O) groups is 3. The Morgan fingerprint density at radius 2 is 1.42 bits per heavy atom. The molecule has 2 bridgehead atoms. The zero-order valence-corrected chi connectivity index (χ0v) is 19.6. The Bertz CT molecular complexity index is 1370. The molecule has 0 aromatic heterocycles. The first kappa shape index (κ1) is 21.3. The van der Waals surface area contributed by atoms with Crippen LogP contribution < -0.4 is 9.64 Å². The average molecular weight is 476 g/mol.